The molecule has 28 heavy (non-hydrogen) atoms. The van der Waals surface area contributed by atoms with Crippen LogP contribution in [0, 0.1) is 0 Å². The van der Waals surface area contributed by atoms with Gasteiger partial charge in [0.15, 0.2) is 17.4 Å². The maximum absolute atomic E-state index is 13.3. The Labute approximate surface area is 175 Å². The summed E-state index contributed by atoms with van der Waals surface area (Å²) in [5, 5.41) is 16.9. The van der Waals surface area contributed by atoms with Crippen LogP contribution in [-0.4, -0.2) is 19.1 Å². The molecule has 0 spiro atoms. The van der Waals surface area contributed by atoms with Crippen molar-refractivity contribution >= 4 is 51.6 Å². The van der Waals surface area contributed by atoms with E-state index in [-0.39, 0.29) is 5.76 Å². The Kier molecular flexibility index (Phi) is 6.29. The number of thiocarbonyl (C=S) groups is 1. The number of nitrogens with zero attached hydrogens (tertiary/aromatic N) is 2. The third-order valence-electron chi connectivity index (χ3n) is 4.17. The van der Waals surface area contributed by atoms with Gasteiger partial charge >= 0.3 is 0 Å². The van der Waals surface area contributed by atoms with Crippen molar-refractivity contribution in [2.24, 2.45) is 0 Å². The largest absolute Gasteiger partial charge is 0.867 e. The van der Waals surface area contributed by atoms with Gasteiger partial charge in [-0.25, -0.2) is 0 Å². The summed E-state index contributed by atoms with van der Waals surface area (Å²) in [4.78, 5) is 2.30. The first-order chi connectivity index (χ1) is 13.5. The second-order valence-corrected chi connectivity index (χ2v) is 7.15. The van der Waals surface area contributed by atoms with Gasteiger partial charge < -0.3 is 15.3 Å². The fourth-order valence-electron chi connectivity index (χ4n) is 2.69. The van der Waals surface area contributed by atoms with Crippen molar-refractivity contribution < 1.29 is 9.67 Å². The van der Waals surface area contributed by atoms with E-state index in [1.165, 1.54) is 0 Å². The Morgan fingerprint density at radius 2 is 1.57 bits per heavy atom. The first-order valence-corrected chi connectivity index (χ1v) is 9.47. The first kappa shape index (κ1) is 19.9. The van der Waals surface area contributed by atoms with Crippen LogP contribution in [-0.2, 0) is 0 Å². The van der Waals surface area contributed by atoms with E-state index in [0.717, 1.165) is 11.4 Å². The summed E-state index contributed by atoms with van der Waals surface area (Å²) in [6.45, 7) is 0. The number of nitrogens with one attached hydrogen (secondary N) is 1. The van der Waals surface area contributed by atoms with E-state index in [2.05, 4.69) is 5.32 Å². The first-order valence-electron chi connectivity index (χ1n) is 8.69. The molecule has 0 aliphatic carbocycles. The number of hydrogen-bond acceptors (Lipinski definition) is 3. The SMILES string of the molecule is CN(C)c1cc[n+](C(C(=S)Nc2ccccc2)=C([O-])c2ccccc2Cl)cc1. The standard InChI is InChI=1S/C22H20ClN3OS/c1-25(2)17-12-14-26(15-13-17)20(21(27)18-10-6-7-11-19(18)23)22(28)24-16-8-4-3-5-9-16/h3-15H,1-2H3,(H-,24,27,28). The lowest BCUT2D eigenvalue weighted by Crippen LogP contribution is -2.40. The molecule has 142 valence electrons. The van der Waals surface area contributed by atoms with Gasteiger partial charge in [-0.15, -0.1) is 0 Å². The van der Waals surface area contributed by atoms with Crippen molar-refractivity contribution in [2.75, 3.05) is 24.3 Å². The topological polar surface area (TPSA) is 42.2 Å². The van der Waals surface area contributed by atoms with Crippen LogP contribution < -0.4 is 19.9 Å². The summed E-state index contributed by atoms with van der Waals surface area (Å²) in [5.41, 5.74) is 2.56. The Balaban J connectivity index is 2.09. The Hall–Kier alpha value is -2.89. The fourth-order valence-corrected chi connectivity index (χ4v) is 3.23. The lowest BCUT2D eigenvalue weighted by Gasteiger charge is -2.18. The summed E-state index contributed by atoms with van der Waals surface area (Å²) >= 11 is 11.9. The molecule has 0 amide bonds. The molecule has 1 N–H and O–H groups in total. The number of halogens is 1. The maximum Gasteiger partial charge on any atom is 0.238 e. The van der Waals surface area contributed by atoms with Crippen LogP contribution in [0.25, 0.3) is 11.5 Å². The second kappa shape index (κ2) is 8.87. The van der Waals surface area contributed by atoms with Gasteiger partial charge in [0.05, 0.1) is 0 Å². The van der Waals surface area contributed by atoms with Crippen LogP contribution in [0.15, 0.2) is 79.1 Å². The molecule has 0 aliphatic heterocycles. The third-order valence-corrected chi connectivity index (χ3v) is 4.79. The summed E-state index contributed by atoms with van der Waals surface area (Å²) in [5.74, 6) is -0.248. The molecule has 4 nitrogen and oxygen atoms in total. The van der Waals surface area contributed by atoms with Gasteiger partial charge in [0.1, 0.15) is 0 Å². The van der Waals surface area contributed by atoms with Crippen molar-refractivity contribution in [1.29, 1.82) is 0 Å². The molecule has 0 saturated carbocycles. The normalized spacial score (nSPS) is 11.5. The zero-order chi connectivity index (χ0) is 20.1. The number of pyridine rings is 1. The molecule has 3 rings (SSSR count). The lowest BCUT2D eigenvalue weighted by atomic mass is 10.1. The van der Waals surface area contributed by atoms with E-state index in [1.807, 2.05) is 73.9 Å². The minimum absolute atomic E-state index is 0.248. The number of anilines is 2. The molecule has 0 bridgehead atoms. The van der Waals surface area contributed by atoms with Crippen molar-refractivity contribution in [3.63, 3.8) is 0 Å². The highest BCUT2D eigenvalue weighted by Gasteiger charge is 2.20. The van der Waals surface area contributed by atoms with Gasteiger partial charge in [-0.1, -0.05) is 60.2 Å². The van der Waals surface area contributed by atoms with Crippen LogP contribution in [0.3, 0.4) is 0 Å². The number of aromatic nitrogens is 1. The number of benzene rings is 2. The maximum atomic E-state index is 13.3. The highest BCUT2D eigenvalue weighted by molar-refractivity contribution is 7.81. The van der Waals surface area contributed by atoms with Crippen molar-refractivity contribution in [1.82, 2.24) is 0 Å². The molecular formula is C22H20ClN3OS. The summed E-state index contributed by atoms with van der Waals surface area (Å²) < 4.78 is 1.72. The van der Waals surface area contributed by atoms with Crippen LogP contribution in [0.1, 0.15) is 5.56 Å². The fraction of sp³-hybridized carbons (Fsp3) is 0.0909. The van der Waals surface area contributed by atoms with Crippen molar-refractivity contribution in [2.45, 2.75) is 0 Å². The highest BCUT2D eigenvalue weighted by atomic mass is 35.5. The minimum atomic E-state index is -0.248. The van der Waals surface area contributed by atoms with E-state index >= 15 is 0 Å². The zero-order valence-corrected chi connectivity index (χ0v) is 17.2. The van der Waals surface area contributed by atoms with Crippen molar-refractivity contribution in [3.8, 4) is 0 Å². The van der Waals surface area contributed by atoms with E-state index < -0.39 is 0 Å². The average Bonchev–Trinajstić information content (AvgIpc) is 2.69. The molecule has 0 saturated heterocycles. The van der Waals surface area contributed by atoms with E-state index in [9.17, 15) is 5.11 Å². The minimum Gasteiger partial charge on any atom is -0.867 e. The molecule has 6 heteroatoms. The molecule has 3 aromatic rings. The monoisotopic (exact) mass is 409 g/mol. The van der Waals surface area contributed by atoms with Crippen LogP contribution in [0.2, 0.25) is 5.02 Å². The molecule has 0 fully saturated rings. The summed E-state index contributed by atoms with van der Waals surface area (Å²) in [7, 11) is 3.92. The average molecular weight is 410 g/mol. The van der Waals surface area contributed by atoms with Crippen LogP contribution in [0.5, 0.6) is 0 Å². The lowest BCUT2D eigenvalue weighted by molar-refractivity contribution is -0.577. The van der Waals surface area contributed by atoms with Gasteiger partial charge in [0.2, 0.25) is 5.70 Å². The van der Waals surface area contributed by atoms with Gasteiger partial charge in [0.25, 0.3) is 0 Å². The van der Waals surface area contributed by atoms with E-state index in [1.54, 1.807) is 28.8 Å². The van der Waals surface area contributed by atoms with Gasteiger partial charge in [-0.3, -0.25) is 0 Å². The second-order valence-electron chi connectivity index (χ2n) is 6.34. The molecule has 0 atom stereocenters. The molecule has 1 aromatic heterocycles. The van der Waals surface area contributed by atoms with Gasteiger partial charge in [0, 0.05) is 42.6 Å². The van der Waals surface area contributed by atoms with E-state index in [4.69, 9.17) is 23.8 Å². The predicted octanol–water partition coefficient (Wildman–Crippen LogP) is 3.82. The Morgan fingerprint density at radius 3 is 2.18 bits per heavy atom. The highest BCUT2D eigenvalue weighted by Crippen LogP contribution is 2.24. The van der Waals surface area contributed by atoms with Crippen molar-refractivity contribution in [3.05, 3.63) is 89.7 Å². The summed E-state index contributed by atoms with van der Waals surface area (Å²) in [6, 6.07) is 20.3. The molecular weight excluding hydrogens is 390 g/mol. The quantitative estimate of drug-likeness (QED) is 0.301. The molecule has 2 aromatic carbocycles. The van der Waals surface area contributed by atoms with Gasteiger partial charge in [-0.05, 0) is 29.5 Å². The third kappa shape index (κ3) is 4.50. The van der Waals surface area contributed by atoms with Gasteiger partial charge in [-0.2, -0.15) is 4.57 Å². The van der Waals surface area contributed by atoms with Crippen LogP contribution >= 0.6 is 23.8 Å². The van der Waals surface area contributed by atoms with Crippen LogP contribution in [0.4, 0.5) is 11.4 Å². The Bertz CT molecular complexity index is 1000. The summed E-state index contributed by atoms with van der Waals surface area (Å²) in [6.07, 6.45) is 3.64. The smallest absolute Gasteiger partial charge is 0.238 e. The molecule has 1 heterocycles. The number of para-hydroxylation sites is 1. The zero-order valence-electron chi connectivity index (χ0n) is 15.6. The number of hydrogen-bond donors (Lipinski definition) is 1. The molecule has 0 unspecified atom stereocenters. The molecule has 0 radical (unpaired) electrons. The predicted molar refractivity (Wildman–Crippen MR) is 118 cm³/mol. The van der Waals surface area contributed by atoms with E-state index in [0.29, 0.717) is 21.3 Å². The number of rotatable bonds is 5. The Morgan fingerprint density at radius 1 is 0.964 bits per heavy atom. The molecule has 0 aliphatic rings.